The summed E-state index contributed by atoms with van der Waals surface area (Å²) in [5, 5.41) is 0. The standard InChI is InChI=1S/C15H20N2/c1-4-7-8-10-16-14(6-3)15-11-13(9-5-2)12-17-15/h4,6,8,10-12,17H,1,3,5,7,9H2,2H3/b10-8-,16-14+. The van der Waals surface area contributed by atoms with Crippen LogP contribution in [0.15, 0.2) is 54.8 Å². The van der Waals surface area contributed by atoms with E-state index in [9.17, 15) is 0 Å². The topological polar surface area (TPSA) is 28.1 Å². The minimum absolute atomic E-state index is 0.833. The Labute approximate surface area is 103 Å². The van der Waals surface area contributed by atoms with E-state index in [1.807, 2.05) is 18.3 Å². The number of hydrogen-bond donors (Lipinski definition) is 1. The van der Waals surface area contributed by atoms with E-state index >= 15 is 0 Å². The van der Waals surface area contributed by atoms with E-state index in [0.717, 1.165) is 30.7 Å². The number of rotatable bonds is 7. The zero-order chi connectivity index (χ0) is 12.5. The molecule has 0 aliphatic heterocycles. The van der Waals surface area contributed by atoms with Crippen molar-refractivity contribution in [2.24, 2.45) is 4.99 Å². The number of aliphatic imine (C=N–C) groups is 1. The lowest BCUT2D eigenvalue weighted by molar-refractivity contribution is 0.923. The summed E-state index contributed by atoms with van der Waals surface area (Å²) >= 11 is 0. The van der Waals surface area contributed by atoms with Gasteiger partial charge in [0, 0.05) is 12.4 Å². The third-order valence-corrected chi connectivity index (χ3v) is 2.37. The summed E-state index contributed by atoms with van der Waals surface area (Å²) in [4.78, 5) is 7.59. The minimum atomic E-state index is 0.833. The second-order valence-corrected chi connectivity index (χ2v) is 3.80. The summed E-state index contributed by atoms with van der Waals surface area (Å²) < 4.78 is 0. The molecule has 0 unspecified atom stereocenters. The van der Waals surface area contributed by atoms with Crippen molar-refractivity contribution in [2.75, 3.05) is 0 Å². The summed E-state index contributed by atoms with van der Waals surface area (Å²) in [5.41, 5.74) is 3.20. The number of aromatic nitrogens is 1. The predicted octanol–water partition coefficient (Wildman–Crippen LogP) is 4.03. The molecule has 1 heterocycles. The fourth-order valence-corrected chi connectivity index (χ4v) is 1.54. The fourth-order valence-electron chi connectivity index (χ4n) is 1.54. The molecule has 0 aromatic carbocycles. The van der Waals surface area contributed by atoms with Gasteiger partial charge in [0.2, 0.25) is 0 Å². The van der Waals surface area contributed by atoms with Crippen molar-refractivity contribution in [3.8, 4) is 0 Å². The van der Waals surface area contributed by atoms with E-state index in [1.165, 1.54) is 5.56 Å². The number of nitrogens with zero attached hydrogens (tertiary/aromatic N) is 1. The molecule has 0 fully saturated rings. The SMILES string of the molecule is C=CC/C=C\N=C(/C=C)c1cc(CCC)c[nH]1. The maximum Gasteiger partial charge on any atom is 0.0858 e. The molecule has 2 nitrogen and oxygen atoms in total. The molecule has 0 atom stereocenters. The van der Waals surface area contributed by atoms with Gasteiger partial charge in [-0.3, -0.25) is 4.99 Å². The summed E-state index contributed by atoms with van der Waals surface area (Å²) in [6.45, 7) is 9.61. The van der Waals surface area contributed by atoms with Gasteiger partial charge in [-0.2, -0.15) is 0 Å². The lowest BCUT2D eigenvalue weighted by Gasteiger charge is -1.94. The molecule has 1 aromatic rings. The van der Waals surface area contributed by atoms with Crippen molar-refractivity contribution in [1.82, 2.24) is 4.98 Å². The van der Waals surface area contributed by atoms with Gasteiger partial charge in [-0.1, -0.05) is 32.1 Å². The molecule has 0 aliphatic rings. The van der Waals surface area contributed by atoms with Crippen molar-refractivity contribution >= 4 is 5.71 Å². The molecule has 0 radical (unpaired) electrons. The van der Waals surface area contributed by atoms with Crippen LogP contribution in [0.4, 0.5) is 0 Å². The average molecular weight is 228 g/mol. The Balaban J connectivity index is 2.77. The van der Waals surface area contributed by atoms with E-state index in [0.29, 0.717) is 0 Å². The zero-order valence-corrected chi connectivity index (χ0v) is 10.4. The lowest BCUT2D eigenvalue weighted by atomic mass is 10.2. The molecule has 0 amide bonds. The highest BCUT2D eigenvalue weighted by Crippen LogP contribution is 2.08. The van der Waals surface area contributed by atoms with Crippen LogP contribution in [0.5, 0.6) is 0 Å². The fraction of sp³-hybridized carbons (Fsp3) is 0.267. The predicted molar refractivity (Wildman–Crippen MR) is 75.5 cm³/mol. The van der Waals surface area contributed by atoms with Crippen LogP contribution in [0.2, 0.25) is 0 Å². The largest absolute Gasteiger partial charge is 0.360 e. The Kier molecular flexibility index (Phi) is 5.80. The Morgan fingerprint density at radius 1 is 1.47 bits per heavy atom. The Hall–Kier alpha value is -1.83. The van der Waals surface area contributed by atoms with Crippen molar-refractivity contribution in [2.45, 2.75) is 26.2 Å². The smallest absolute Gasteiger partial charge is 0.0858 e. The number of H-pyrrole nitrogens is 1. The maximum absolute atomic E-state index is 4.36. The molecule has 90 valence electrons. The first kappa shape index (κ1) is 13.2. The number of aryl methyl sites for hydroxylation is 1. The van der Waals surface area contributed by atoms with Gasteiger partial charge in [0.05, 0.1) is 11.4 Å². The molecule has 1 aromatic heterocycles. The van der Waals surface area contributed by atoms with Gasteiger partial charge in [0.1, 0.15) is 0 Å². The molecule has 1 N–H and O–H groups in total. The molecule has 0 saturated carbocycles. The first-order valence-electron chi connectivity index (χ1n) is 5.95. The van der Waals surface area contributed by atoms with Crippen LogP contribution in [-0.4, -0.2) is 10.7 Å². The van der Waals surface area contributed by atoms with Gasteiger partial charge in [-0.15, -0.1) is 6.58 Å². The third-order valence-electron chi connectivity index (χ3n) is 2.37. The van der Waals surface area contributed by atoms with Gasteiger partial charge in [-0.25, -0.2) is 0 Å². The van der Waals surface area contributed by atoms with E-state index in [-0.39, 0.29) is 0 Å². The van der Waals surface area contributed by atoms with Gasteiger partial charge < -0.3 is 4.98 Å². The highest BCUT2D eigenvalue weighted by atomic mass is 14.8. The molecule has 0 spiro atoms. The van der Waals surface area contributed by atoms with Crippen LogP contribution in [-0.2, 0) is 6.42 Å². The Morgan fingerprint density at radius 3 is 2.94 bits per heavy atom. The van der Waals surface area contributed by atoms with Crippen molar-refractivity contribution in [1.29, 1.82) is 0 Å². The quantitative estimate of drug-likeness (QED) is 0.539. The first-order valence-corrected chi connectivity index (χ1v) is 5.95. The Bertz CT molecular complexity index is 422. The average Bonchev–Trinajstić information content (AvgIpc) is 2.78. The van der Waals surface area contributed by atoms with E-state index in [1.54, 1.807) is 12.3 Å². The number of hydrogen-bond acceptors (Lipinski definition) is 1. The maximum atomic E-state index is 4.36. The molecule has 0 bridgehead atoms. The highest BCUT2D eigenvalue weighted by molar-refractivity contribution is 6.07. The second kappa shape index (κ2) is 7.44. The van der Waals surface area contributed by atoms with Crippen molar-refractivity contribution in [3.63, 3.8) is 0 Å². The summed E-state index contributed by atoms with van der Waals surface area (Å²) in [5.74, 6) is 0. The molecule has 1 rings (SSSR count). The number of nitrogens with one attached hydrogen (secondary N) is 1. The van der Waals surface area contributed by atoms with Crippen LogP contribution in [0.1, 0.15) is 31.0 Å². The van der Waals surface area contributed by atoms with E-state index < -0.39 is 0 Å². The summed E-state index contributed by atoms with van der Waals surface area (Å²) in [6.07, 6.45) is 12.5. The van der Waals surface area contributed by atoms with Gasteiger partial charge in [-0.05, 0) is 30.5 Å². The second-order valence-electron chi connectivity index (χ2n) is 3.80. The van der Waals surface area contributed by atoms with Crippen molar-refractivity contribution in [3.05, 3.63) is 61.1 Å². The summed E-state index contributed by atoms with van der Waals surface area (Å²) in [7, 11) is 0. The molecule has 0 saturated heterocycles. The number of aromatic amines is 1. The molecule has 0 aliphatic carbocycles. The molecule has 2 heteroatoms. The minimum Gasteiger partial charge on any atom is -0.360 e. The van der Waals surface area contributed by atoms with E-state index in [4.69, 9.17) is 0 Å². The van der Waals surface area contributed by atoms with Crippen LogP contribution in [0.25, 0.3) is 0 Å². The molecule has 17 heavy (non-hydrogen) atoms. The van der Waals surface area contributed by atoms with Crippen LogP contribution in [0, 0.1) is 0 Å². The normalized spacial score (nSPS) is 11.9. The van der Waals surface area contributed by atoms with Gasteiger partial charge in [0.25, 0.3) is 0 Å². The number of allylic oxidation sites excluding steroid dienone is 3. The van der Waals surface area contributed by atoms with Crippen molar-refractivity contribution < 1.29 is 0 Å². The van der Waals surface area contributed by atoms with Crippen LogP contribution in [0.3, 0.4) is 0 Å². The lowest BCUT2D eigenvalue weighted by Crippen LogP contribution is -1.95. The monoisotopic (exact) mass is 228 g/mol. The van der Waals surface area contributed by atoms with E-state index in [2.05, 4.69) is 36.1 Å². The first-order chi connectivity index (χ1) is 8.31. The molecular formula is C15H20N2. The zero-order valence-electron chi connectivity index (χ0n) is 10.4. The van der Waals surface area contributed by atoms with Gasteiger partial charge in [0.15, 0.2) is 0 Å². The van der Waals surface area contributed by atoms with Gasteiger partial charge >= 0.3 is 0 Å². The van der Waals surface area contributed by atoms with Crippen LogP contribution >= 0.6 is 0 Å². The van der Waals surface area contributed by atoms with Crippen LogP contribution < -0.4 is 0 Å². The third kappa shape index (κ3) is 4.27. The molecular weight excluding hydrogens is 208 g/mol. The Morgan fingerprint density at radius 2 is 2.29 bits per heavy atom. The highest BCUT2D eigenvalue weighted by Gasteiger charge is 2.02. The summed E-state index contributed by atoms with van der Waals surface area (Å²) in [6, 6.07) is 2.13.